The fourth-order valence-electron chi connectivity index (χ4n) is 2.07. The van der Waals surface area contributed by atoms with Crippen LogP contribution in [0.25, 0.3) is 0 Å². The highest BCUT2D eigenvalue weighted by Crippen LogP contribution is 2.29. The van der Waals surface area contributed by atoms with Gasteiger partial charge in [0.05, 0.1) is 11.5 Å². The number of carbonyl (C=O) groups is 1. The Hall–Kier alpha value is -3.04. The summed E-state index contributed by atoms with van der Waals surface area (Å²) < 4.78 is 38.9. The van der Waals surface area contributed by atoms with Gasteiger partial charge in [0.1, 0.15) is 5.84 Å². The highest BCUT2D eigenvalue weighted by atomic mass is 19.4. The van der Waals surface area contributed by atoms with Gasteiger partial charge in [0.2, 0.25) is 0 Å². The van der Waals surface area contributed by atoms with Crippen molar-refractivity contribution < 1.29 is 23.1 Å². The fourth-order valence-corrected chi connectivity index (χ4v) is 2.07. The maximum Gasteiger partial charge on any atom is 0.435 e. The lowest BCUT2D eigenvalue weighted by Crippen LogP contribution is -2.24. The number of aromatic carboxylic acids is 1. The molecule has 1 atom stereocenters. The van der Waals surface area contributed by atoms with Crippen LogP contribution >= 0.6 is 0 Å². The van der Waals surface area contributed by atoms with Crippen LogP contribution in [0.3, 0.4) is 0 Å². The Kier molecular flexibility index (Phi) is 4.49. The van der Waals surface area contributed by atoms with Crippen LogP contribution in [-0.2, 0) is 6.18 Å². The van der Waals surface area contributed by atoms with Gasteiger partial charge in [0.25, 0.3) is 0 Å². The van der Waals surface area contributed by atoms with Crippen molar-refractivity contribution in [3.8, 4) is 0 Å². The Morgan fingerprint density at radius 2 is 2.04 bits per heavy atom. The second-order valence-corrected chi connectivity index (χ2v) is 4.92. The maximum atomic E-state index is 12.7. The third-order valence-electron chi connectivity index (χ3n) is 3.23. The number of rotatable bonds is 4. The Labute approximate surface area is 133 Å². The molecule has 0 spiro atoms. The van der Waals surface area contributed by atoms with Gasteiger partial charge in [0, 0.05) is 24.3 Å². The first-order valence-corrected chi connectivity index (χ1v) is 6.56. The van der Waals surface area contributed by atoms with Crippen molar-refractivity contribution in [2.75, 3.05) is 0 Å². The SMILES string of the molecule is Cc1cc(C(F)(F)F)nn1C(=N)C(C=N)c1cncc(C(=O)O)c1. The van der Waals surface area contributed by atoms with Crippen molar-refractivity contribution in [3.05, 3.63) is 47.0 Å². The van der Waals surface area contributed by atoms with Gasteiger partial charge < -0.3 is 10.5 Å². The molecule has 2 aromatic heterocycles. The second-order valence-electron chi connectivity index (χ2n) is 4.92. The molecule has 0 aromatic carbocycles. The van der Waals surface area contributed by atoms with Crippen molar-refractivity contribution in [2.24, 2.45) is 0 Å². The highest BCUT2D eigenvalue weighted by molar-refractivity contribution is 6.01. The topological polar surface area (TPSA) is 116 Å². The van der Waals surface area contributed by atoms with Crippen molar-refractivity contribution in [1.82, 2.24) is 14.8 Å². The van der Waals surface area contributed by atoms with E-state index in [0.29, 0.717) is 0 Å². The van der Waals surface area contributed by atoms with Crippen molar-refractivity contribution in [2.45, 2.75) is 19.0 Å². The number of carboxylic acid groups (broad SMARTS) is 1. The minimum atomic E-state index is -4.65. The molecule has 1 unspecified atom stereocenters. The molecule has 0 aliphatic rings. The number of nitrogens with zero attached hydrogens (tertiary/aromatic N) is 3. The van der Waals surface area contributed by atoms with Gasteiger partial charge in [0.15, 0.2) is 5.69 Å². The Bertz CT molecular complexity index is 813. The Morgan fingerprint density at radius 1 is 1.38 bits per heavy atom. The van der Waals surface area contributed by atoms with E-state index in [-0.39, 0.29) is 16.8 Å². The van der Waals surface area contributed by atoms with E-state index in [1.807, 2.05) is 0 Å². The number of halogens is 3. The molecule has 0 bridgehead atoms. The number of hydrogen-bond donors (Lipinski definition) is 3. The van der Waals surface area contributed by atoms with E-state index in [4.69, 9.17) is 15.9 Å². The first-order chi connectivity index (χ1) is 11.1. The first kappa shape index (κ1) is 17.3. The van der Waals surface area contributed by atoms with Crippen LogP contribution in [0.15, 0.2) is 24.5 Å². The quantitative estimate of drug-likeness (QED) is 0.586. The summed E-state index contributed by atoms with van der Waals surface area (Å²) in [5, 5.41) is 27.8. The minimum Gasteiger partial charge on any atom is -0.478 e. The largest absolute Gasteiger partial charge is 0.478 e. The van der Waals surface area contributed by atoms with Gasteiger partial charge in [-0.25, -0.2) is 9.48 Å². The average molecular weight is 339 g/mol. The summed E-state index contributed by atoms with van der Waals surface area (Å²) >= 11 is 0. The normalized spacial score (nSPS) is 12.7. The molecule has 0 saturated carbocycles. The molecule has 10 heteroatoms. The van der Waals surface area contributed by atoms with Gasteiger partial charge >= 0.3 is 12.1 Å². The van der Waals surface area contributed by atoms with E-state index in [0.717, 1.165) is 23.2 Å². The molecular formula is C14H12F3N5O2. The summed E-state index contributed by atoms with van der Waals surface area (Å²) in [6, 6.07) is 2.00. The summed E-state index contributed by atoms with van der Waals surface area (Å²) in [6.45, 7) is 1.35. The van der Waals surface area contributed by atoms with Crippen molar-refractivity contribution in [1.29, 1.82) is 10.8 Å². The van der Waals surface area contributed by atoms with E-state index >= 15 is 0 Å². The smallest absolute Gasteiger partial charge is 0.435 e. The van der Waals surface area contributed by atoms with Gasteiger partial charge in [-0.05, 0) is 24.6 Å². The van der Waals surface area contributed by atoms with Crippen LogP contribution in [0.2, 0.25) is 0 Å². The van der Waals surface area contributed by atoms with E-state index < -0.39 is 29.6 Å². The zero-order valence-corrected chi connectivity index (χ0v) is 12.3. The summed E-state index contributed by atoms with van der Waals surface area (Å²) in [5.74, 6) is -2.74. The van der Waals surface area contributed by atoms with Gasteiger partial charge in [-0.3, -0.25) is 10.4 Å². The molecule has 2 rings (SSSR count). The number of nitrogens with one attached hydrogen (secondary N) is 2. The molecule has 24 heavy (non-hydrogen) atoms. The number of carboxylic acids is 1. The van der Waals surface area contributed by atoms with Crippen LogP contribution in [0.4, 0.5) is 13.2 Å². The van der Waals surface area contributed by atoms with Crippen LogP contribution in [-0.4, -0.2) is 37.9 Å². The van der Waals surface area contributed by atoms with E-state index in [2.05, 4.69) is 10.1 Å². The minimum absolute atomic E-state index is 0.0709. The van der Waals surface area contributed by atoms with Crippen LogP contribution < -0.4 is 0 Å². The van der Waals surface area contributed by atoms with Crippen molar-refractivity contribution in [3.63, 3.8) is 0 Å². The molecule has 0 radical (unpaired) electrons. The lowest BCUT2D eigenvalue weighted by Gasteiger charge is -2.15. The molecule has 3 N–H and O–H groups in total. The van der Waals surface area contributed by atoms with Crippen LogP contribution in [0.1, 0.15) is 33.2 Å². The third-order valence-corrected chi connectivity index (χ3v) is 3.23. The molecule has 0 aliphatic heterocycles. The summed E-state index contributed by atoms with van der Waals surface area (Å²) in [5.41, 5.74) is -1.04. The van der Waals surface area contributed by atoms with E-state index in [9.17, 15) is 18.0 Å². The number of alkyl halides is 3. The molecule has 0 fully saturated rings. The number of aromatic nitrogens is 3. The third kappa shape index (κ3) is 3.31. The van der Waals surface area contributed by atoms with Crippen LogP contribution in [0.5, 0.6) is 0 Å². The zero-order valence-electron chi connectivity index (χ0n) is 12.3. The Balaban J connectivity index is 2.43. The molecule has 0 saturated heterocycles. The lowest BCUT2D eigenvalue weighted by molar-refractivity contribution is -0.141. The predicted molar refractivity (Wildman–Crippen MR) is 77.8 cm³/mol. The molecule has 2 heterocycles. The maximum absolute atomic E-state index is 12.7. The second kappa shape index (κ2) is 6.22. The van der Waals surface area contributed by atoms with E-state index in [1.54, 1.807) is 0 Å². The molecule has 126 valence electrons. The number of aryl methyl sites for hydroxylation is 1. The van der Waals surface area contributed by atoms with Gasteiger partial charge in [-0.1, -0.05) is 0 Å². The fraction of sp³-hybridized carbons (Fsp3) is 0.214. The number of pyridine rings is 1. The van der Waals surface area contributed by atoms with Gasteiger partial charge in [-0.15, -0.1) is 0 Å². The predicted octanol–water partition coefficient (Wildman–Crippen LogP) is 2.56. The Morgan fingerprint density at radius 3 is 2.54 bits per heavy atom. The lowest BCUT2D eigenvalue weighted by atomic mass is 9.99. The summed E-state index contributed by atoms with van der Waals surface area (Å²) in [7, 11) is 0. The average Bonchev–Trinajstić information content (AvgIpc) is 2.90. The summed E-state index contributed by atoms with van der Waals surface area (Å²) in [4.78, 5) is 14.7. The highest BCUT2D eigenvalue weighted by Gasteiger charge is 2.35. The first-order valence-electron chi connectivity index (χ1n) is 6.56. The van der Waals surface area contributed by atoms with Crippen LogP contribution in [0, 0.1) is 17.7 Å². The summed E-state index contributed by atoms with van der Waals surface area (Å²) in [6.07, 6.45) is -1.49. The standard InChI is InChI=1S/C14H12F3N5O2/c1-7-2-11(14(15,16)17)21-22(7)12(19)10(4-18)8-3-9(13(23)24)6-20-5-8/h2-6,10,18-19H,1H3,(H,23,24). The van der Waals surface area contributed by atoms with Gasteiger partial charge in [-0.2, -0.15) is 18.3 Å². The molecule has 7 nitrogen and oxygen atoms in total. The molecule has 0 aliphatic carbocycles. The molecule has 0 amide bonds. The molecule has 2 aromatic rings. The number of hydrogen-bond acceptors (Lipinski definition) is 5. The zero-order chi connectivity index (χ0) is 18.1. The molecular weight excluding hydrogens is 327 g/mol. The van der Waals surface area contributed by atoms with Crippen molar-refractivity contribution >= 4 is 18.0 Å². The monoisotopic (exact) mass is 339 g/mol. The van der Waals surface area contributed by atoms with E-state index in [1.165, 1.54) is 19.2 Å².